The summed E-state index contributed by atoms with van der Waals surface area (Å²) in [5, 5.41) is 2.87. The maximum atomic E-state index is 12.7. The van der Waals surface area contributed by atoms with Gasteiger partial charge in [-0.1, -0.05) is 11.6 Å². The van der Waals surface area contributed by atoms with E-state index in [1.165, 1.54) is 0 Å². The molecule has 2 aliphatic heterocycles. The Morgan fingerprint density at radius 1 is 1.42 bits per heavy atom. The van der Waals surface area contributed by atoms with Crippen molar-refractivity contribution in [2.45, 2.75) is 37.0 Å². The van der Waals surface area contributed by atoms with Gasteiger partial charge in [-0.05, 0) is 25.3 Å². The summed E-state index contributed by atoms with van der Waals surface area (Å²) in [6, 6.07) is 0.707. The summed E-state index contributed by atoms with van der Waals surface area (Å²) in [6.07, 6.45) is -2.17. The first-order valence-electron chi connectivity index (χ1n) is 8.34. The van der Waals surface area contributed by atoms with Crippen LogP contribution in [0.5, 0.6) is 0 Å². The number of hydrogen-bond acceptors (Lipinski definition) is 5. The fourth-order valence-corrected chi connectivity index (χ4v) is 3.47. The van der Waals surface area contributed by atoms with Crippen LogP contribution in [0.15, 0.2) is 12.3 Å². The second kappa shape index (κ2) is 7.21. The third kappa shape index (κ3) is 4.05. The van der Waals surface area contributed by atoms with Crippen LogP contribution < -0.4 is 16.0 Å². The molecular formula is C16H20ClF3N4O2. The number of nitrogens with zero attached hydrogens (tertiary/aromatic N) is 2. The van der Waals surface area contributed by atoms with Crippen molar-refractivity contribution < 1.29 is 22.7 Å². The first-order valence-corrected chi connectivity index (χ1v) is 8.72. The van der Waals surface area contributed by atoms with Crippen molar-refractivity contribution in [3.63, 3.8) is 0 Å². The molecule has 3 N–H and O–H groups in total. The summed E-state index contributed by atoms with van der Waals surface area (Å²) in [5.74, 6) is 0.0593. The smallest absolute Gasteiger partial charge is 0.381 e. The van der Waals surface area contributed by atoms with Gasteiger partial charge in [-0.25, -0.2) is 4.98 Å². The van der Waals surface area contributed by atoms with Crippen molar-refractivity contribution in [3.8, 4) is 0 Å². The van der Waals surface area contributed by atoms with Gasteiger partial charge in [0.2, 0.25) is 5.91 Å². The average molecular weight is 393 g/mol. The molecule has 0 radical (unpaired) electrons. The highest BCUT2D eigenvalue weighted by molar-refractivity contribution is 6.33. The molecule has 0 aliphatic carbocycles. The number of hydrogen-bond donors (Lipinski definition) is 2. The van der Waals surface area contributed by atoms with Crippen LogP contribution >= 0.6 is 11.6 Å². The third-order valence-corrected chi connectivity index (χ3v) is 5.09. The molecule has 3 heterocycles. The highest BCUT2D eigenvalue weighted by Gasteiger charge is 2.38. The topological polar surface area (TPSA) is 80.5 Å². The van der Waals surface area contributed by atoms with Crippen LogP contribution in [-0.2, 0) is 15.7 Å². The van der Waals surface area contributed by atoms with Crippen LogP contribution in [0.4, 0.5) is 19.0 Å². The van der Waals surface area contributed by atoms with E-state index in [1.54, 1.807) is 4.90 Å². The van der Waals surface area contributed by atoms with Gasteiger partial charge in [0, 0.05) is 38.5 Å². The lowest BCUT2D eigenvalue weighted by atomic mass is 9.90. The van der Waals surface area contributed by atoms with Gasteiger partial charge in [-0.3, -0.25) is 4.79 Å². The second-order valence-corrected chi connectivity index (χ2v) is 7.11. The third-order valence-electron chi connectivity index (χ3n) is 4.81. The van der Waals surface area contributed by atoms with E-state index in [2.05, 4.69) is 10.3 Å². The zero-order chi connectivity index (χ0) is 18.9. The number of amides is 1. The van der Waals surface area contributed by atoms with Crippen molar-refractivity contribution in [1.29, 1.82) is 0 Å². The van der Waals surface area contributed by atoms with Crippen LogP contribution in [0, 0.1) is 0 Å². The molecule has 3 rings (SSSR count). The minimum Gasteiger partial charge on any atom is -0.381 e. The zero-order valence-corrected chi connectivity index (χ0v) is 14.7. The Balaban J connectivity index is 1.63. The van der Waals surface area contributed by atoms with Gasteiger partial charge in [-0.2, -0.15) is 13.2 Å². The molecule has 1 aromatic rings. The number of anilines is 1. The highest BCUT2D eigenvalue weighted by Crippen LogP contribution is 2.34. The number of alkyl halides is 3. The van der Waals surface area contributed by atoms with Gasteiger partial charge in [0.15, 0.2) is 0 Å². The van der Waals surface area contributed by atoms with Gasteiger partial charge in [0.25, 0.3) is 0 Å². The van der Waals surface area contributed by atoms with E-state index in [0.717, 1.165) is 12.3 Å². The summed E-state index contributed by atoms with van der Waals surface area (Å²) in [6.45, 7) is 1.84. The number of aromatic nitrogens is 1. The predicted molar refractivity (Wildman–Crippen MR) is 90.0 cm³/mol. The van der Waals surface area contributed by atoms with Crippen LogP contribution in [0.25, 0.3) is 0 Å². The number of halogens is 4. The lowest BCUT2D eigenvalue weighted by Crippen LogP contribution is -2.59. The minimum atomic E-state index is -4.49. The number of carbonyl (C=O) groups excluding carboxylic acids is 1. The summed E-state index contributed by atoms with van der Waals surface area (Å²) < 4.78 is 43.4. The van der Waals surface area contributed by atoms with Gasteiger partial charge in [0.1, 0.15) is 5.82 Å². The molecule has 6 nitrogen and oxygen atoms in total. The monoisotopic (exact) mass is 392 g/mol. The molecule has 0 spiro atoms. The van der Waals surface area contributed by atoms with Gasteiger partial charge >= 0.3 is 6.18 Å². The fraction of sp³-hybridized carbons (Fsp3) is 0.625. The molecular weight excluding hydrogens is 373 g/mol. The Hall–Kier alpha value is -1.58. The van der Waals surface area contributed by atoms with E-state index in [4.69, 9.17) is 22.1 Å². The Kier molecular flexibility index (Phi) is 5.32. The highest BCUT2D eigenvalue weighted by atomic mass is 35.5. The molecule has 2 aliphatic rings. The maximum absolute atomic E-state index is 12.7. The first-order chi connectivity index (χ1) is 12.2. The predicted octanol–water partition coefficient (Wildman–Crippen LogP) is 1.96. The Morgan fingerprint density at radius 3 is 2.73 bits per heavy atom. The lowest BCUT2D eigenvalue weighted by Gasteiger charge is -2.33. The fourth-order valence-electron chi connectivity index (χ4n) is 3.18. The first kappa shape index (κ1) is 19.2. The maximum Gasteiger partial charge on any atom is 0.417 e. The average Bonchev–Trinajstić information content (AvgIpc) is 3.02. The number of pyridine rings is 1. The normalized spacial score (nSPS) is 23.1. The molecule has 26 heavy (non-hydrogen) atoms. The van der Waals surface area contributed by atoms with E-state index >= 15 is 0 Å². The molecule has 2 fully saturated rings. The van der Waals surface area contributed by atoms with Crippen LogP contribution in [0.1, 0.15) is 24.8 Å². The molecule has 10 heteroatoms. The van der Waals surface area contributed by atoms with Crippen LogP contribution in [0.2, 0.25) is 5.02 Å². The van der Waals surface area contributed by atoms with E-state index in [0.29, 0.717) is 45.6 Å². The van der Waals surface area contributed by atoms with Crippen molar-refractivity contribution >= 4 is 23.3 Å². The summed E-state index contributed by atoms with van der Waals surface area (Å²) >= 11 is 5.99. The number of nitrogens with two attached hydrogens (primary N) is 1. The number of rotatable bonds is 3. The SMILES string of the molecule is NC1(C(=O)NC2CCN(c3ncc(C(F)(F)F)cc3Cl)C2)CCOCC1. The Morgan fingerprint density at radius 2 is 2.12 bits per heavy atom. The molecule has 2 saturated heterocycles. The minimum absolute atomic E-state index is 0.0634. The van der Waals surface area contributed by atoms with Crippen LogP contribution in [0.3, 0.4) is 0 Å². The van der Waals surface area contributed by atoms with Crippen molar-refractivity contribution in [2.24, 2.45) is 5.73 Å². The molecule has 1 aromatic heterocycles. The summed E-state index contributed by atoms with van der Waals surface area (Å²) in [7, 11) is 0. The second-order valence-electron chi connectivity index (χ2n) is 6.70. The van der Waals surface area contributed by atoms with Crippen molar-refractivity contribution in [2.75, 3.05) is 31.2 Å². The van der Waals surface area contributed by atoms with E-state index in [1.807, 2.05) is 0 Å². The lowest BCUT2D eigenvalue weighted by molar-refractivity contribution is -0.137. The standard InChI is InChI=1S/C16H20ClF3N4O2/c17-12-7-10(16(18,19)20)8-22-13(12)24-4-1-11(9-24)23-14(25)15(21)2-5-26-6-3-15/h7-8,11H,1-6,9,21H2,(H,23,25). The van der Waals surface area contributed by atoms with Crippen LogP contribution in [-0.4, -0.2) is 48.8 Å². The quantitative estimate of drug-likeness (QED) is 0.822. The summed E-state index contributed by atoms with van der Waals surface area (Å²) in [5.41, 5.74) is 4.34. The molecule has 0 aromatic carbocycles. The van der Waals surface area contributed by atoms with E-state index in [9.17, 15) is 18.0 Å². The summed E-state index contributed by atoms with van der Waals surface area (Å²) in [4.78, 5) is 18.1. The Bertz CT molecular complexity index is 680. The van der Waals surface area contributed by atoms with Gasteiger partial charge in [-0.15, -0.1) is 0 Å². The van der Waals surface area contributed by atoms with Gasteiger partial charge < -0.3 is 20.7 Å². The van der Waals surface area contributed by atoms with E-state index < -0.39 is 17.3 Å². The van der Waals surface area contributed by atoms with Gasteiger partial charge in [0.05, 0.1) is 16.1 Å². The molecule has 144 valence electrons. The molecule has 1 atom stereocenters. The van der Waals surface area contributed by atoms with Crippen molar-refractivity contribution in [3.05, 3.63) is 22.8 Å². The molecule has 0 bridgehead atoms. The molecule has 1 unspecified atom stereocenters. The Labute approximate surface area is 153 Å². The molecule has 0 saturated carbocycles. The largest absolute Gasteiger partial charge is 0.417 e. The zero-order valence-electron chi connectivity index (χ0n) is 14.0. The van der Waals surface area contributed by atoms with E-state index in [-0.39, 0.29) is 22.8 Å². The van der Waals surface area contributed by atoms with Crippen molar-refractivity contribution in [1.82, 2.24) is 10.3 Å². The number of ether oxygens (including phenoxy) is 1. The number of carbonyl (C=O) groups is 1. The molecule has 1 amide bonds. The number of nitrogens with one attached hydrogen (secondary N) is 1.